The lowest BCUT2D eigenvalue weighted by Crippen LogP contribution is -2.16. The molecule has 3 N–H and O–H groups in total. The standard InChI is InChI=1S/C21H19FN2O7S/c1-30-19-12-23-17(21(26)27)11-20(19)32(28,29)24-16-10-13(6-7-15(16)22)14-4-2-3-5-18(14)31-9-8-25/h2-7,10-12,24-25H,8-9H2,1H3,(H,26,27). The minimum atomic E-state index is -4.44. The molecule has 3 rings (SSSR count). The number of ether oxygens (including phenoxy) is 2. The van der Waals surface area contributed by atoms with Crippen LogP contribution in [0, 0.1) is 5.82 Å². The van der Waals surface area contributed by atoms with Crippen molar-refractivity contribution in [3.8, 4) is 22.6 Å². The van der Waals surface area contributed by atoms with Crippen molar-refractivity contribution in [2.75, 3.05) is 25.0 Å². The van der Waals surface area contributed by atoms with E-state index in [2.05, 4.69) is 9.71 Å². The van der Waals surface area contributed by atoms with E-state index in [0.717, 1.165) is 18.3 Å². The van der Waals surface area contributed by atoms with Gasteiger partial charge in [-0.05, 0) is 29.8 Å². The number of nitrogens with one attached hydrogen (secondary N) is 1. The lowest BCUT2D eigenvalue weighted by atomic mass is 10.0. The van der Waals surface area contributed by atoms with Crippen LogP contribution < -0.4 is 14.2 Å². The second-order valence-corrected chi connectivity index (χ2v) is 8.04. The molecular formula is C21H19FN2O7S. The average molecular weight is 462 g/mol. The van der Waals surface area contributed by atoms with Crippen LogP contribution in [0.3, 0.4) is 0 Å². The number of halogens is 1. The summed E-state index contributed by atoms with van der Waals surface area (Å²) in [7, 11) is -3.25. The van der Waals surface area contributed by atoms with E-state index < -0.39 is 32.4 Å². The Kier molecular flexibility index (Phi) is 6.91. The van der Waals surface area contributed by atoms with Crippen LogP contribution in [-0.2, 0) is 10.0 Å². The predicted molar refractivity (Wildman–Crippen MR) is 113 cm³/mol. The normalized spacial score (nSPS) is 11.1. The van der Waals surface area contributed by atoms with Gasteiger partial charge >= 0.3 is 5.97 Å². The van der Waals surface area contributed by atoms with Crippen LogP contribution in [0.15, 0.2) is 59.6 Å². The monoisotopic (exact) mass is 462 g/mol. The molecule has 1 aromatic heterocycles. The first-order valence-electron chi connectivity index (χ1n) is 9.19. The number of anilines is 1. The average Bonchev–Trinajstić information content (AvgIpc) is 2.78. The van der Waals surface area contributed by atoms with Gasteiger partial charge in [0.1, 0.15) is 28.8 Å². The molecule has 11 heteroatoms. The molecule has 0 unspecified atom stereocenters. The topological polar surface area (TPSA) is 135 Å². The molecule has 0 saturated heterocycles. The number of hydrogen-bond donors (Lipinski definition) is 3. The van der Waals surface area contributed by atoms with Gasteiger partial charge in [-0.3, -0.25) is 4.72 Å². The molecule has 0 aliphatic rings. The lowest BCUT2D eigenvalue weighted by molar-refractivity contribution is 0.0690. The Balaban J connectivity index is 2.02. The van der Waals surface area contributed by atoms with Crippen molar-refractivity contribution in [2.45, 2.75) is 4.90 Å². The van der Waals surface area contributed by atoms with E-state index in [1.165, 1.54) is 19.2 Å². The number of carboxylic acid groups (broad SMARTS) is 1. The molecule has 168 valence electrons. The fraction of sp³-hybridized carbons (Fsp3) is 0.143. The number of para-hydroxylation sites is 1. The van der Waals surface area contributed by atoms with Crippen molar-refractivity contribution in [1.29, 1.82) is 0 Å². The van der Waals surface area contributed by atoms with Crippen LogP contribution in [-0.4, -0.2) is 49.9 Å². The maximum atomic E-state index is 14.5. The smallest absolute Gasteiger partial charge is 0.354 e. The number of aliphatic hydroxyl groups excluding tert-OH is 1. The van der Waals surface area contributed by atoms with E-state index in [4.69, 9.17) is 19.7 Å². The largest absolute Gasteiger partial charge is 0.494 e. The molecule has 0 amide bonds. The van der Waals surface area contributed by atoms with Crippen molar-refractivity contribution in [1.82, 2.24) is 4.98 Å². The second-order valence-electron chi connectivity index (χ2n) is 6.39. The predicted octanol–water partition coefficient (Wildman–Crippen LogP) is 2.77. The van der Waals surface area contributed by atoms with E-state index in [1.54, 1.807) is 24.3 Å². The van der Waals surface area contributed by atoms with Crippen molar-refractivity contribution < 1.29 is 37.3 Å². The molecule has 32 heavy (non-hydrogen) atoms. The summed E-state index contributed by atoms with van der Waals surface area (Å²) in [4.78, 5) is 14.3. The maximum Gasteiger partial charge on any atom is 0.354 e. The van der Waals surface area contributed by atoms with Gasteiger partial charge in [-0.25, -0.2) is 22.6 Å². The Morgan fingerprint density at radius 2 is 1.91 bits per heavy atom. The summed E-state index contributed by atoms with van der Waals surface area (Å²) in [5.74, 6) is -2.07. The number of aromatic nitrogens is 1. The molecule has 1 heterocycles. The van der Waals surface area contributed by atoms with Crippen molar-refractivity contribution in [2.24, 2.45) is 0 Å². The molecular weight excluding hydrogens is 443 g/mol. The van der Waals surface area contributed by atoms with Gasteiger partial charge in [0.15, 0.2) is 5.75 Å². The summed E-state index contributed by atoms with van der Waals surface area (Å²) in [5.41, 5.74) is 0.118. The zero-order valence-electron chi connectivity index (χ0n) is 16.8. The summed E-state index contributed by atoms with van der Waals surface area (Å²) < 4.78 is 53.0. The van der Waals surface area contributed by atoms with Gasteiger partial charge in [-0.1, -0.05) is 24.3 Å². The van der Waals surface area contributed by atoms with Gasteiger partial charge in [0.05, 0.1) is 25.6 Å². The Labute approximate surface area is 183 Å². The van der Waals surface area contributed by atoms with Gasteiger partial charge in [0, 0.05) is 5.56 Å². The summed E-state index contributed by atoms with van der Waals surface area (Å²) in [5, 5.41) is 18.1. The molecule has 0 spiro atoms. The minimum Gasteiger partial charge on any atom is -0.494 e. The first-order chi connectivity index (χ1) is 15.3. The highest BCUT2D eigenvalue weighted by molar-refractivity contribution is 7.92. The fourth-order valence-electron chi connectivity index (χ4n) is 2.86. The van der Waals surface area contributed by atoms with Crippen LogP contribution in [0.1, 0.15) is 10.5 Å². The highest BCUT2D eigenvalue weighted by Gasteiger charge is 2.24. The van der Waals surface area contributed by atoms with Gasteiger partial charge in [0.25, 0.3) is 10.0 Å². The number of aromatic carboxylic acids is 1. The molecule has 0 fully saturated rings. The number of carboxylic acids is 1. The number of rotatable bonds is 9. The number of hydrogen-bond acceptors (Lipinski definition) is 7. The number of pyridine rings is 1. The van der Waals surface area contributed by atoms with Crippen LogP contribution in [0.4, 0.5) is 10.1 Å². The molecule has 0 bridgehead atoms. The second kappa shape index (κ2) is 9.62. The first-order valence-corrected chi connectivity index (χ1v) is 10.7. The molecule has 2 aromatic carbocycles. The van der Waals surface area contributed by atoms with Crippen LogP contribution in [0.5, 0.6) is 11.5 Å². The lowest BCUT2D eigenvalue weighted by Gasteiger charge is -2.15. The van der Waals surface area contributed by atoms with Crippen molar-refractivity contribution in [3.05, 3.63) is 66.2 Å². The van der Waals surface area contributed by atoms with Crippen LogP contribution in [0.2, 0.25) is 0 Å². The van der Waals surface area contributed by atoms with E-state index in [1.807, 2.05) is 0 Å². The zero-order chi connectivity index (χ0) is 23.3. The van der Waals surface area contributed by atoms with Crippen LogP contribution >= 0.6 is 0 Å². The SMILES string of the molecule is COc1cnc(C(=O)O)cc1S(=O)(=O)Nc1cc(-c2ccccc2OCCO)ccc1F. The quantitative estimate of drug-likeness (QED) is 0.442. The Bertz CT molecular complexity index is 1250. The van der Waals surface area contributed by atoms with Crippen molar-refractivity contribution >= 4 is 21.7 Å². The number of sulfonamides is 1. The van der Waals surface area contributed by atoms with E-state index >= 15 is 0 Å². The zero-order valence-corrected chi connectivity index (χ0v) is 17.6. The Morgan fingerprint density at radius 3 is 2.59 bits per heavy atom. The molecule has 0 atom stereocenters. The van der Waals surface area contributed by atoms with Gasteiger partial charge in [0.2, 0.25) is 0 Å². The van der Waals surface area contributed by atoms with E-state index in [-0.39, 0.29) is 24.7 Å². The maximum absolute atomic E-state index is 14.5. The van der Waals surface area contributed by atoms with E-state index in [9.17, 15) is 17.6 Å². The molecule has 3 aromatic rings. The number of methoxy groups -OCH3 is 1. The highest BCUT2D eigenvalue weighted by Crippen LogP contribution is 2.33. The van der Waals surface area contributed by atoms with Gasteiger partial charge in [-0.15, -0.1) is 0 Å². The summed E-state index contributed by atoms with van der Waals surface area (Å²) in [6, 6.07) is 11.4. The first kappa shape index (κ1) is 23.0. The Hall–Kier alpha value is -3.70. The summed E-state index contributed by atoms with van der Waals surface area (Å²) in [6.45, 7) is -0.152. The number of nitrogens with zero attached hydrogens (tertiary/aromatic N) is 1. The number of aliphatic hydroxyl groups is 1. The van der Waals surface area contributed by atoms with E-state index in [0.29, 0.717) is 16.9 Å². The Morgan fingerprint density at radius 1 is 1.16 bits per heavy atom. The third-order valence-electron chi connectivity index (χ3n) is 4.32. The van der Waals surface area contributed by atoms with Gasteiger partial charge < -0.3 is 19.7 Å². The van der Waals surface area contributed by atoms with Crippen molar-refractivity contribution in [3.63, 3.8) is 0 Å². The summed E-state index contributed by atoms with van der Waals surface area (Å²) in [6.07, 6.45) is 0.958. The number of benzene rings is 2. The fourth-order valence-corrected chi connectivity index (χ4v) is 4.09. The minimum absolute atomic E-state index is 0.0471. The molecule has 0 saturated carbocycles. The van der Waals surface area contributed by atoms with Gasteiger partial charge in [-0.2, -0.15) is 0 Å². The molecule has 0 aliphatic heterocycles. The number of carbonyl (C=O) groups is 1. The molecule has 0 radical (unpaired) electrons. The van der Waals surface area contributed by atoms with Crippen LogP contribution in [0.25, 0.3) is 11.1 Å². The summed E-state index contributed by atoms with van der Waals surface area (Å²) >= 11 is 0. The third kappa shape index (κ3) is 4.95. The highest BCUT2D eigenvalue weighted by atomic mass is 32.2. The third-order valence-corrected chi connectivity index (χ3v) is 5.70. The molecule has 9 nitrogen and oxygen atoms in total. The molecule has 0 aliphatic carbocycles.